The van der Waals surface area contributed by atoms with E-state index in [1.807, 2.05) is 6.92 Å². The Kier molecular flexibility index (Phi) is 3.00. The maximum absolute atomic E-state index is 13.0. The summed E-state index contributed by atoms with van der Waals surface area (Å²) in [5.41, 5.74) is 5.42. The second-order valence-electron chi connectivity index (χ2n) is 4.45. The maximum atomic E-state index is 13.0. The van der Waals surface area contributed by atoms with Crippen LogP contribution in [-0.2, 0) is 0 Å². The van der Waals surface area contributed by atoms with Crippen LogP contribution in [0.3, 0.4) is 0 Å². The Balaban J connectivity index is 2.15. The summed E-state index contributed by atoms with van der Waals surface area (Å²) in [6.07, 6.45) is 2.18. The van der Waals surface area contributed by atoms with Crippen molar-refractivity contribution in [1.82, 2.24) is 5.32 Å². The average molecular weight is 240 g/mol. The van der Waals surface area contributed by atoms with Crippen LogP contribution < -0.4 is 11.1 Å². The van der Waals surface area contributed by atoms with E-state index in [0.29, 0.717) is 5.92 Å². The molecule has 0 aliphatic heterocycles. The van der Waals surface area contributed by atoms with Crippen molar-refractivity contribution in [3.8, 4) is 0 Å². The van der Waals surface area contributed by atoms with Crippen molar-refractivity contribution in [2.45, 2.75) is 25.8 Å². The van der Waals surface area contributed by atoms with Gasteiger partial charge in [-0.2, -0.15) is 0 Å². The van der Waals surface area contributed by atoms with E-state index >= 15 is 0 Å². The molecule has 1 unspecified atom stereocenters. The molecule has 3 nitrogen and oxygen atoms in total. The molecule has 1 aliphatic carbocycles. The molecule has 17 heavy (non-hydrogen) atoms. The summed E-state index contributed by atoms with van der Waals surface area (Å²) in [7, 11) is 0. The first kappa shape index (κ1) is 11.8. The third-order valence-corrected chi connectivity index (χ3v) is 3.02. The van der Waals surface area contributed by atoms with Crippen LogP contribution >= 0.6 is 0 Å². The Morgan fingerprint density at radius 2 is 2.00 bits per heavy atom. The van der Waals surface area contributed by atoms with Crippen LogP contribution in [-0.4, -0.2) is 11.9 Å². The van der Waals surface area contributed by atoms with Crippen LogP contribution in [0.1, 0.15) is 30.1 Å². The fourth-order valence-corrected chi connectivity index (χ4v) is 1.76. The molecule has 0 radical (unpaired) electrons. The number of carbonyl (C=O) groups excluding carboxylic acids is 1. The molecule has 1 saturated carbocycles. The van der Waals surface area contributed by atoms with Crippen LogP contribution in [0, 0.1) is 17.6 Å². The van der Waals surface area contributed by atoms with E-state index in [-0.39, 0.29) is 17.3 Å². The second kappa shape index (κ2) is 4.31. The van der Waals surface area contributed by atoms with E-state index in [1.165, 1.54) is 0 Å². The first-order valence-electron chi connectivity index (χ1n) is 5.54. The maximum Gasteiger partial charge on any atom is 0.253 e. The summed E-state index contributed by atoms with van der Waals surface area (Å²) < 4.78 is 25.9. The molecule has 0 saturated heterocycles. The lowest BCUT2D eigenvalue weighted by Gasteiger charge is -2.14. The molecule has 0 heterocycles. The number of anilines is 1. The molecule has 5 heteroatoms. The summed E-state index contributed by atoms with van der Waals surface area (Å²) in [5, 5.41) is 2.74. The van der Waals surface area contributed by atoms with Crippen molar-refractivity contribution < 1.29 is 13.6 Å². The SMILES string of the molecule is CC(NC(=O)c1cc(F)c(F)cc1N)C1CC1. The summed E-state index contributed by atoms with van der Waals surface area (Å²) in [5.74, 6) is -2.08. The minimum atomic E-state index is -1.07. The number of nitrogens with one attached hydrogen (secondary N) is 1. The number of carbonyl (C=O) groups is 1. The van der Waals surface area contributed by atoms with E-state index in [9.17, 15) is 13.6 Å². The fourth-order valence-electron chi connectivity index (χ4n) is 1.76. The summed E-state index contributed by atoms with van der Waals surface area (Å²) >= 11 is 0. The van der Waals surface area contributed by atoms with E-state index in [1.54, 1.807) is 0 Å². The number of benzene rings is 1. The third kappa shape index (κ3) is 2.54. The van der Waals surface area contributed by atoms with Crippen LogP contribution in [0.15, 0.2) is 12.1 Å². The number of hydrogen-bond acceptors (Lipinski definition) is 2. The van der Waals surface area contributed by atoms with E-state index < -0.39 is 17.5 Å². The van der Waals surface area contributed by atoms with Crippen LogP contribution in [0.5, 0.6) is 0 Å². The molecular formula is C12H14F2N2O. The Hall–Kier alpha value is -1.65. The van der Waals surface area contributed by atoms with Crippen LogP contribution in [0.2, 0.25) is 0 Å². The molecule has 92 valence electrons. The molecule has 1 atom stereocenters. The molecule has 1 aromatic carbocycles. The topological polar surface area (TPSA) is 55.1 Å². The Morgan fingerprint density at radius 3 is 2.59 bits per heavy atom. The van der Waals surface area contributed by atoms with E-state index in [4.69, 9.17) is 5.73 Å². The Morgan fingerprint density at radius 1 is 1.41 bits per heavy atom. The van der Waals surface area contributed by atoms with Gasteiger partial charge in [-0.1, -0.05) is 0 Å². The molecule has 0 aromatic heterocycles. The van der Waals surface area contributed by atoms with Gasteiger partial charge in [0.1, 0.15) is 0 Å². The van der Waals surface area contributed by atoms with Gasteiger partial charge in [-0.25, -0.2) is 8.78 Å². The quantitative estimate of drug-likeness (QED) is 0.795. The molecule has 3 N–H and O–H groups in total. The van der Waals surface area contributed by atoms with Gasteiger partial charge in [-0.3, -0.25) is 4.79 Å². The molecular weight excluding hydrogens is 226 g/mol. The lowest BCUT2D eigenvalue weighted by atomic mass is 10.1. The highest BCUT2D eigenvalue weighted by Gasteiger charge is 2.29. The minimum absolute atomic E-state index is 0.0172. The van der Waals surface area contributed by atoms with Gasteiger partial charge in [0.2, 0.25) is 0 Å². The molecule has 1 aliphatic rings. The van der Waals surface area contributed by atoms with Gasteiger partial charge in [-0.05, 0) is 31.7 Å². The fraction of sp³-hybridized carbons (Fsp3) is 0.417. The zero-order valence-corrected chi connectivity index (χ0v) is 9.47. The van der Waals surface area contributed by atoms with Crippen molar-refractivity contribution in [2.75, 3.05) is 5.73 Å². The van der Waals surface area contributed by atoms with Crippen LogP contribution in [0.25, 0.3) is 0 Å². The number of amides is 1. The zero-order valence-electron chi connectivity index (χ0n) is 9.47. The smallest absolute Gasteiger partial charge is 0.253 e. The lowest BCUT2D eigenvalue weighted by molar-refractivity contribution is 0.0936. The molecule has 0 spiro atoms. The number of nitrogen functional groups attached to an aromatic ring is 1. The second-order valence-corrected chi connectivity index (χ2v) is 4.45. The molecule has 1 fully saturated rings. The number of nitrogens with two attached hydrogens (primary N) is 1. The van der Waals surface area contributed by atoms with E-state index in [2.05, 4.69) is 5.32 Å². The van der Waals surface area contributed by atoms with Crippen molar-refractivity contribution in [3.63, 3.8) is 0 Å². The van der Waals surface area contributed by atoms with Crippen molar-refractivity contribution in [1.29, 1.82) is 0 Å². The summed E-state index contributed by atoms with van der Waals surface area (Å²) in [4.78, 5) is 11.8. The summed E-state index contributed by atoms with van der Waals surface area (Å²) in [6.45, 7) is 1.89. The van der Waals surface area contributed by atoms with Crippen molar-refractivity contribution >= 4 is 11.6 Å². The van der Waals surface area contributed by atoms with Gasteiger partial charge in [0.25, 0.3) is 5.91 Å². The predicted molar refractivity (Wildman–Crippen MR) is 60.4 cm³/mol. The number of hydrogen-bond donors (Lipinski definition) is 2. The Labute approximate surface area is 98.0 Å². The third-order valence-electron chi connectivity index (χ3n) is 3.02. The van der Waals surface area contributed by atoms with E-state index in [0.717, 1.165) is 25.0 Å². The Bertz CT molecular complexity index is 458. The number of rotatable bonds is 3. The standard InChI is InChI=1S/C12H14F2N2O/c1-6(7-2-3-7)16-12(17)8-4-9(13)10(14)5-11(8)15/h4-7H,2-3,15H2,1H3,(H,16,17). The first-order chi connectivity index (χ1) is 7.99. The zero-order chi connectivity index (χ0) is 12.6. The van der Waals surface area contributed by atoms with Gasteiger partial charge in [0.05, 0.1) is 5.56 Å². The van der Waals surface area contributed by atoms with Crippen molar-refractivity contribution in [2.24, 2.45) is 5.92 Å². The molecule has 1 amide bonds. The number of halogens is 2. The van der Waals surface area contributed by atoms with Gasteiger partial charge >= 0.3 is 0 Å². The van der Waals surface area contributed by atoms with Crippen LogP contribution in [0.4, 0.5) is 14.5 Å². The molecule has 2 rings (SSSR count). The highest BCUT2D eigenvalue weighted by Crippen LogP contribution is 2.32. The summed E-state index contributed by atoms with van der Waals surface area (Å²) in [6, 6.07) is 1.70. The van der Waals surface area contributed by atoms with Gasteiger partial charge in [0.15, 0.2) is 11.6 Å². The highest BCUT2D eigenvalue weighted by molar-refractivity contribution is 5.99. The van der Waals surface area contributed by atoms with Gasteiger partial charge in [-0.15, -0.1) is 0 Å². The predicted octanol–water partition coefficient (Wildman–Crippen LogP) is 2.08. The highest BCUT2D eigenvalue weighted by atomic mass is 19.2. The monoisotopic (exact) mass is 240 g/mol. The largest absolute Gasteiger partial charge is 0.398 e. The average Bonchev–Trinajstić information content (AvgIpc) is 3.06. The molecule has 1 aromatic rings. The first-order valence-corrected chi connectivity index (χ1v) is 5.54. The van der Waals surface area contributed by atoms with Gasteiger partial charge in [0, 0.05) is 17.8 Å². The van der Waals surface area contributed by atoms with Crippen molar-refractivity contribution in [3.05, 3.63) is 29.3 Å². The normalized spacial score (nSPS) is 16.6. The van der Waals surface area contributed by atoms with Gasteiger partial charge < -0.3 is 11.1 Å². The molecule has 0 bridgehead atoms. The lowest BCUT2D eigenvalue weighted by Crippen LogP contribution is -2.34. The minimum Gasteiger partial charge on any atom is -0.398 e.